The fourth-order valence-corrected chi connectivity index (χ4v) is 2.80. The Labute approximate surface area is 131 Å². The lowest BCUT2D eigenvalue weighted by Crippen LogP contribution is -1.90. The highest BCUT2D eigenvalue weighted by Gasteiger charge is 2.06. The normalized spacial score (nSPS) is 10.5. The lowest BCUT2D eigenvalue weighted by Gasteiger charge is -2.04. The van der Waals surface area contributed by atoms with Crippen molar-refractivity contribution in [3.05, 3.63) is 64.0 Å². The molecule has 0 amide bonds. The largest absolute Gasteiger partial charge is 0.330 e. The summed E-state index contributed by atoms with van der Waals surface area (Å²) >= 11 is 13.5. The first-order chi connectivity index (χ1) is 9.72. The third-order valence-electron chi connectivity index (χ3n) is 2.76. The third-order valence-corrected chi connectivity index (χ3v) is 4.10. The van der Waals surface area contributed by atoms with E-state index in [1.54, 1.807) is 0 Å². The van der Waals surface area contributed by atoms with Crippen molar-refractivity contribution in [2.24, 2.45) is 0 Å². The summed E-state index contributed by atoms with van der Waals surface area (Å²) in [6.07, 6.45) is 0. The standard InChI is InChI=1S/C15H10Cl2N2S/c16-11-7-5-10(6-8-11)14-9-20-15(19-14)18-13-4-2-1-3-12(13)17/h1-9H,(H,18,19). The minimum absolute atomic E-state index is 0.677. The second-order valence-corrected chi connectivity index (χ2v) is 5.85. The summed E-state index contributed by atoms with van der Waals surface area (Å²) in [5.74, 6) is 0. The average molecular weight is 321 g/mol. The predicted molar refractivity (Wildman–Crippen MR) is 87.3 cm³/mol. The fourth-order valence-electron chi connectivity index (χ4n) is 1.76. The molecule has 0 aliphatic rings. The van der Waals surface area contributed by atoms with E-state index in [2.05, 4.69) is 10.3 Å². The van der Waals surface area contributed by atoms with E-state index < -0.39 is 0 Å². The fraction of sp³-hybridized carbons (Fsp3) is 0. The Bertz CT molecular complexity index is 723. The molecule has 3 aromatic rings. The number of rotatable bonds is 3. The highest BCUT2D eigenvalue weighted by molar-refractivity contribution is 7.14. The second kappa shape index (κ2) is 5.83. The molecule has 0 unspecified atom stereocenters. The Morgan fingerprint density at radius 2 is 1.70 bits per heavy atom. The molecule has 0 aliphatic heterocycles. The van der Waals surface area contributed by atoms with E-state index in [1.165, 1.54) is 11.3 Å². The van der Waals surface area contributed by atoms with Crippen molar-refractivity contribution < 1.29 is 0 Å². The van der Waals surface area contributed by atoms with Gasteiger partial charge in [0.2, 0.25) is 0 Å². The Morgan fingerprint density at radius 3 is 2.45 bits per heavy atom. The molecule has 0 bridgehead atoms. The predicted octanol–water partition coefficient (Wildman–Crippen LogP) is 5.86. The van der Waals surface area contributed by atoms with Crippen molar-refractivity contribution in [1.82, 2.24) is 4.98 Å². The quantitative estimate of drug-likeness (QED) is 0.653. The van der Waals surface area contributed by atoms with Gasteiger partial charge in [-0.3, -0.25) is 0 Å². The van der Waals surface area contributed by atoms with Crippen LogP contribution >= 0.6 is 34.5 Å². The molecule has 1 heterocycles. The van der Waals surface area contributed by atoms with Crippen LogP contribution in [0.3, 0.4) is 0 Å². The summed E-state index contributed by atoms with van der Waals surface area (Å²) in [6, 6.07) is 15.2. The summed E-state index contributed by atoms with van der Waals surface area (Å²) in [6.45, 7) is 0. The lowest BCUT2D eigenvalue weighted by atomic mass is 10.2. The van der Waals surface area contributed by atoms with Crippen LogP contribution in [-0.2, 0) is 0 Å². The first kappa shape index (κ1) is 13.4. The van der Waals surface area contributed by atoms with Gasteiger partial charge in [0.15, 0.2) is 5.13 Å². The van der Waals surface area contributed by atoms with Gasteiger partial charge in [0.25, 0.3) is 0 Å². The van der Waals surface area contributed by atoms with Gasteiger partial charge in [-0.15, -0.1) is 11.3 Å². The van der Waals surface area contributed by atoms with Crippen LogP contribution in [0.15, 0.2) is 53.9 Å². The lowest BCUT2D eigenvalue weighted by molar-refractivity contribution is 1.38. The number of para-hydroxylation sites is 1. The zero-order chi connectivity index (χ0) is 13.9. The molecule has 1 N–H and O–H groups in total. The molecular formula is C15H10Cl2N2S. The van der Waals surface area contributed by atoms with E-state index >= 15 is 0 Å². The molecule has 2 aromatic carbocycles. The van der Waals surface area contributed by atoms with Crippen LogP contribution in [0.1, 0.15) is 0 Å². The number of nitrogens with zero attached hydrogens (tertiary/aromatic N) is 1. The minimum Gasteiger partial charge on any atom is -0.330 e. The van der Waals surface area contributed by atoms with Gasteiger partial charge in [0.1, 0.15) is 0 Å². The molecule has 0 fully saturated rings. The van der Waals surface area contributed by atoms with Crippen molar-refractivity contribution in [1.29, 1.82) is 0 Å². The van der Waals surface area contributed by atoms with Crippen LogP contribution in [0.25, 0.3) is 11.3 Å². The van der Waals surface area contributed by atoms with Gasteiger partial charge in [-0.05, 0) is 24.3 Å². The Morgan fingerprint density at radius 1 is 0.950 bits per heavy atom. The second-order valence-electron chi connectivity index (χ2n) is 4.15. The van der Waals surface area contributed by atoms with Gasteiger partial charge in [-0.1, -0.05) is 47.5 Å². The van der Waals surface area contributed by atoms with Gasteiger partial charge in [-0.25, -0.2) is 4.98 Å². The molecule has 1 aromatic heterocycles. The van der Waals surface area contributed by atoms with E-state index in [1.807, 2.05) is 53.9 Å². The molecule has 0 saturated heterocycles. The van der Waals surface area contributed by atoms with Crippen LogP contribution < -0.4 is 5.32 Å². The van der Waals surface area contributed by atoms with Gasteiger partial charge >= 0.3 is 0 Å². The highest BCUT2D eigenvalue weighted by Crippen LogP contribution is 2.30. The van der Waals surface area contributed by atoms with Crippen molar-refractivity contribution in [3.8, 4) is 11.3 Å². The van der Waals surface area contributed by atoms with E-state index in [-0.39, 0.29) is 0 Å². The number of benzene rings is 2. The van der Waals surface area contributed by atoms with Gasteiger partial charge < -0.3 is 5.32 Å². The van der Waals surface area contributed by atoms with Crippen molar-refractivity contribution in [3.63, 3.8) is 0 Å². The molecule has 0 atom stereocenters. The molecule has 3 rings (SSSR count). The summed E-state index contributed by atoms with van der Waals surface area (Å²) in [5, 5.41) is 7.43. The number of aromatic nitrogens is 1. The molecule has 20 heavy (non-hydrogen) atoms. The highest BCUT2D eigenvalue weighted by atomic mass is 35.5. The third kappa shape index (κ3) is 2.96. The SMILES string of the molecule is Clc1ccc(-c2csc(Nc3ccccc3Cl)n2)cc1. The van der Waals surface area contributed by atoms with E-state index in [0.717, 1.165) is 27.1 Å². The van der Waals surface area contributed by atoms with Crippen LogP contribution in [0.4, 0.5) is 10.8 Å². The first-order valence-electron chi connectivity index (χ1n) is 5.95. The average Bonchev–Trinajstić information content (AvgIpc) is 2.91. The topological polar surface area (TPSA) is 24.9 Å². The molecule has 0 spiro atoms. The summed E-state index contributed by atoms with van der Waals surface area (Å²) < 4.78 is 0. The Balaban J connectivity index is 1.84. The Kier molecular flexibility index (Phi) is 3.92. The smallest absolute Gasteiger partial charge is 0.187 e. The van der Waals surface area contributed by atoms with Gasteiger partial charge in [0.05, 0.1) is 16.4 Å². The van der Waals surface area contributed by atoms with Crippen molar-refractivity contribution >= 4 is 45.4 Å². The Hall–Kier alpha value is -1.55. The zero-order valence-corrected chi connectivity index (χ0v) is 12.6. The number of halogens is 2. The summed E-state index contributed by atoms with van der Waals surface area (Å²) in [7, 11) is 0. The molecule has 2 nitrogen and oxygen atoms in total. The number of thiazole rings is 1. The molecular weight excluding hydrogens is 311 g/mol. The number of hydrogen-bond acceptors (Lipinski definition) is 3. The van der Waals surface area contributed by atoms with Crippen LogP contribution in [0, 0.1) is 0 Å². The molecule has 0 saturated carbocycles. The van der Waals surface area contributed by atoms with E-state index in [9.17, 15) is 0 Å². The molecule has 100 valence electrons. The monoisotopic (exact) mass is 320 g/mol. The van der Waals surface area contributed by atoms with Gasteiger partial charge in [-0.2, -0.15) is 0 Å². The van der Waals surface area contributed by atoms with Crippen molar-refractivity contribution in [2.45, 2.75) is 0 Å². The number of anilines is 2. The van der Waals surface area contributed by atoms with Crippen LogP contribution in [0.5, 0.6) is 0 Å². The van der Waals surface area contributed by atoms with Crippen LogP contribution in [0.2, 0.25) is 10.0 Å². The number of nitrogens with one attached hydrogen (secondary N) is 1. The van der Waals surface area contributed by atoms with E-state index in [0.29, 0.717) is 5.02 Å². The summed E-state index contributed by atoms with van der Waals surface area (Å²) in [4.78, 5) is 4.55. The summed E-state index contributed by atoms with van der Waals surface area (Å²) in [5.41, 5.74) is 2.81. The maximum atomic E-state index is 6.12. The van der Waals surface area contributed by atoms with Crippen molar-refractivity contribution in [2.75, 3.05) is 5.32 Å². The van der Waals surface area contributed by atoms with Crippen LogP contribution in [-0.4, -0.2) is 4.98 Å². The molecule has 5 heteroatoms. The molecule has 0 aliphatic carbocycles. The molecule has 0 radical (unpaired) electrons. The zero-order valence-electron chi connectivity index (χ0n) is 10.3. The maximum Gasteiger partial charge on any atom is 0.187 e. The maximum absolute atomic E-state index is 6.12. The van der Waals surface area contributed by atoms with E-state index in [4.69, 9.17) is 23.2 Å². The minimum atomic E-state index is 0.677. The number of hydrogen-bond donors (Lipinski definition) is 1. The first-order valence-corrected chi connectivity index (χ1v) is 7.59. The van der Waals surface area contributed by atoms with Gasteiger partial charge in [0, 0.05) is 16.0 Å².